The first-order chi connectivity index (χ1) is 4.63. The van der Waals surface area contributed by atoms with Gasteiger partial charge in [-0.25, -0.2) is 0 Å². The molecule has 1 N–H and O–H groups in total. The van der Waals surface area contributed by atoms with Crippen LogP contribution in [0.15, 0.2) is 0 Å². The number of ether oxygens (including phenoxy) is 1. The van der Waals surface area contributed by atoms with Gasteiger partial charge in [-0.2, -0.15) is 0 Å². The van der Waals surface area contributed by atoms with Crippen molar-refractivity contribution in [3.8, 4) is 0 Å². The van der Waals surface area contributed by atoms with Crippen molar-refractivity contribution in [1.82, 2.24) is 0 Å². The molecule has 0 saturated carbocycles. The van der Waals surface area contributed by atoms with E-state index in [2.05, 4.69) is 0 Å². The standard InChI is InChI=1S/C8H16O2/c1-5(2)8(9)6(3)7-4-10-7/h5-9H,4H2,1-3H3/t6-,7-,8+/m1/s1. The number of epoxide rings is 1. The van der Waals surface area contributed by atoms with Crippen LogP contribution in [0.2, 0.25) is 0 Å². The molecule has 0 spiro atoms. The van der Waals surface area contributed by atoms with Crippen molar-refractivity contribution >= 4 is 0 Å². The maximum Gasteiger partial charge on any atom is 0.0860 e. The highest BCUT2D eigenvalue weighted by molar-refractivity contribution is 4.82. The monoisotopic (exact) mass is 144 g/mol. The van der Waals surface area contributed by atoms with Gasteiger partial charge in [0.25, 0.3) is 0 Å². The Morgan fingerprint density at radius 1 is 1.40 bits per heavy atom. The van der Waals surface area contributed by atoms with Crippen molar-refractivity contribution in [1.29, 1.82) is 0 Å². The summed E-state index contributed by atoms with van der Waals surface area (Å²) >= 11 is 0. The molecule has 0 aromatic carbocycles. The zero-order chi connectivity index (χ0) is 7.72. The molecule has 1 aliphatic rings. The van der Waals surface area contributed by atoms with Gasteiger partial charge < -0.3 is 9.84 Å². The second kappa shape index (κ2) is 2.89. The van der Waals surface area contributed by atoms with Gasteiger partial charge in [-0.15, -0.1) is 0 Å². The summed E-state index contributed by atoms with van der Waals surface area (Å²) in [6.07, 6.45) is 0.130. The summed E-state index contributed by atoms with van der Waals surface area (Å²) in [5.41, 5.74) is 0. The van der Waals surface area contributed by atoms with Crippen LogP contribution in [0.25, 0.3) is 0 Å². The molecule has 1 fully saturated rings. The van der Waals surface area contributed by atoms with Crippen molar-refractivity contribution in [2.45, 2.75) is 33.0 Å². The lowest BCUT2D eigenvalue weighted by atomic mass is 9.93. The minimum atomic E-state index is -0.201. The molecule has 0 unspecified atom stereocenters. The van der Waals surface area contributed by atoms with Crippen molar-refractivity contribution in [2.24, 2.45) is 11.8 Å². The molecule has 0 bridgehead atoms. The van der Waals surface area contributed by atoms with Crippen molar-refractivity contribution < 1.29 is 9.84 Å². The maximum absolute atomic E-state index is 9.53. The number of aliphatic hydroxyl groups is 1. The minimum absolute atomic E-state index is 0.201. The Kier molecular flexibility index (Phi) is 2.32. The van der Waals surface area contributed by atoms with Gasteiger partial charge in [0, 0.05) is 5.92 Å². The molecule has 1 heterocycles. The van der Waals surface area contributed by atoms with Crippen LogP contribution in [0, 0.1) is 11.8 Å². The van der Waals surface area contributed by atoms with Crippen LogP contribution < -0.4 is 0 Å². The lowest BCUT2D eigenvalue weighted by Crippen LogP contribution is -2.27. The van der Waals surface area contributed by atoms with E-state index in [0.717, 1.165) is 6.61 Å². The van der Waals surface area contributed by atoms with Gasteiger partial charge in [-0.3, -0.25) is 0 Å². The zero-order valence-electron chi connectivity index (χ0n) is 6.87. The fraction of sp³-hybridized carbons (Fsp3) is 1.00. The molecule has 2 heteroatoms. The molecule has 60 valence electrons. The van der Waals surface area contributed by atoms with Gasteiger partial charge in [-0.05, 0) is 5.92 Å². The third kappa shape index (κ3) is 1.70. The van der Waals surface area contributed by atoms with Crippen molar-refractivity contribution in [3.63, 3.8) is 0 Å². The first-order valence-corrected chi connectivity index (χ1v) is 3.92. The second-order valence-electron chi connectivity index (χ2n) is 3.47. The molecule has 0 aromatic rings. The number of rotatable bonds is 3. The highest BCUT2D eigenvalue weighted by atomic mass is 16.6. The van der Waals surface area contributed by atoms with Gasteiger partial charge >= 0.3 is 0 Å². The third-order valence-corrected chi connectivity index (χ3v) is 2.17. The van der Waals surface area contributed by atoms with Crippen LogP contribution in [0.5, 0.6) is 0 Å². The number of aliphatic hydroxyl groups excluding tert-OH is 1. The topological polar surface area (TPSA) is 32.8 Å². The predicted molar refractivity (Wildman–Crippen MR) is 39.7 cm³/mol. The van der Waals surface area contributed by atoms with E-state index in [-0.39, 0.29) is 6.10 Å². The lowest BCUT2D eigenvalue weighted by Gasteiger charge is -2.19. The normalized spacial score (nSPS) is 30.3. The first-order valence-electron chi connectivity index (χ1n) is 3.92. The third-order valence-electron chi connectivity index (χ3n) is 2.17. The van der Waals surface area contributed by atoms with E-state index in [0.29, 0.717) is 17.9 Å². The molecular formula is C8H16O2. The molecule has 3 atom stereocenters. The molecule has 2 nitrogen and oxygen atoms in total. The Labute approximate surface area is 62.2 Å². The molecule has 10 heavy (non-hydrogen) atoms. The van der Waals surface area contributed by atoms with Crippen LogP contribution in [-0.4, -0.2) is 23.9 Å². The average Bonchev–Trinajstić information content (AvgIpc) is 2.65. The summed E-state index contributed by atoms with van der Waals surface area (Å²) in [6.45, 7) is 6.94. The van der Waals surface area contributed by atoms with Crippen LogP contribution in [0.4, 0.5) is 0 Å². The summed E-state index contributed by atoms with van der Waals surface area (Å²) in [5, 5.41) is 9.53. The van der Waals surface area contributed by atoms with E-state index in [1.54, 1.807) is 0 Å². The van der Waals surface area contributed by atoms with Crippen LogP contribution in [0.1, 0.15) is 20.8 Å². The van der Waals surface area contributed by atoms with Gasteiger partial charge in [0.05, 0.1) is 18.8 Å². The summed E-state index contributed by atoms with van der Waals surface area (Å²) in [4.78, 5) is 0. The Hall–Kier alpha value is -0.0800. The van der Waals surface area contributed by atoms with E-state index in [1.807, 2.05) is 20.8 Å². The van der Waals surface area contributed by atoms with Crippen LogP contribution >= 0.6 is 0 Å². The minimum Gasteiger partial charge on any atom is -0.392 e. The Morgan fingerprint density at radius 2 is 1.90 bits per heavy atom. The van der Waals surface area contributed by atoms with Crippen molar-refractivity contribution in [3.05, 3.63) is 0 Å². The van der Waals surface area contributed by atoms with Gasteiger partial charge in [0.2, 0.25) is 0 Å². The largest absolute Gasteiger partial charge is 0.392 e. The Morgan fingerprint density at radius 3 is 2.20 bits per heavy atom. The molecule has 0 aliphatic carbocycles. The van der Waals surface area contributed by atoms with Crippen molar-refractivity contribution in [2.75, 3.05) is 6.61 Å². The molecule has 0 amide bonds. The van der Waals surface area contributed by atoms with E-state index < -0.39 is 0 Å². The predicted octanol–water partition coefficient (Wildman–Crippen LogP) is 1.04. The fourth-order valence-electron chi connectivity index (χ4n) is 1.19. The SMILES string of the molecule is CC(C)[C@H](O)[C@H](C)[C@H]1CO1. The zero-order valence-corrected chi connectivity index (χ0v) is 6.87. The number of hydrogen-bond acceptors (Lipinski definition) is 2. The first kappa shape index (κ1) is 8.02. The fourth-order valence-corrected chi connectivity index (χ4v) is 1.19. The average molecular weight is 144 g/mol. The van der Waals surface area contributed by atoms with Crippen LogP contribution in [0.3, 0.4) is 0 Å². The Bertz CT molecular complexity index is 102. The maximum atomic E-state index is 9.53. The highest BCUT2D eigenvalue weighted by Crippen LogP contribution is 2.25. The van der Waals surface area contributed by atoms with E-state index in [9.17, 15) is 5.11 Å². The van der Waals surface area contributed by atoms with Crippen LogP contribution in [-0.2, 0) is 4.74 Å². The molecule has 0 radical (unpaired) electrons. The molecule has 1 saturated heterocycles. The smallest absolute Gasteiger partial charge is 0.0860 e. The summed E-state index contributed by atoms with van der Waals surface area (Å²) in [5.74, 6) is 0.652. The van der Waals surface area contributed by atoms with E-state index in [1.165, 1.54) is 0 Å². The number of hydrogen-bond donors (Lipinski definition) is 1. The summed E-state index contributed by atoms with van der Waals surface area (Å²) < 4.78 is 5.08. The quantitative estimate of drug-likeness (QED) is 0.600. The van der Waals surface area contributed by atoms with Gasteiger partial charge in [0.1, 0.15) is 0 Å². The van der Waals surface area contributed by atoms with Gasteiger partial charge in [0.15, 0.2) is 0 Å². The lowest BCUT2D eigenvalue weighted by molar-refractivity contribution is 0.0587. The molecular weight excluding hydrogens is 128 g/mol. The molecule has 1 aliphatic heterocycles. The second-order valence-corrected chi connectivity index (χ2v) is 3.47. The Balaban J connectivity index is 2.30. The van der Waals surface area contributed by atoms with E-state index in [4.69, 9.17) is 4.74 Å². The summed E-state index contributed by atoms with van der Waals surface area (Å²) in [6, 6.07) is 0. The highest BCUT2D eigenvalue weighted by Gasteiger charge is 2.34. The van der Waals surface area contributed by atoms with E-state index >= 15 is 0 Å². The molecule has 0 aromatic heterocycles. The molecule has 1 rings (SSSR count). The summed E-state index contributed by atoms with van der Waals surface area (Å²) in [7, 11) is 0. The van der Waals surface area contributed by atoms with Gasteiger partial charge in [-0.1, -0.05) is 20.8 Å².